The number of benzene rings is 9. The number of hydrogen-bond donors (Lipinski definition) is 10. The van der Waals surface area contributed by atoms with E-state index >= 15 is 0 Å². The lowest BCUT2D eigenvalue weighted by atomic mass is 9.71. The van der Waals surface area contributed by atoms with E-state index in [0.717, 1.165) is 62.4 Å². The number of ether oxygens (including phenoxy) is 2. The number of phenolic OH excluding ortho intramolecular Hbond substituents is 10. The Morgan fingerprint density at radius 3 is 1.39 bits per heavy atom. The van der Waals surface area contributed by atoms with Gasteiger partial charge in [-0.2, -0.15) is 0 Å². The molecular weight excluding hydrogens is 1040 g/mol. The monoisotopic (exact) mass is 1110 g/mol. The summed E-state index contributed by atoms with van der Waals surface area (Å²) in [5, 5.41) is 103. The fraction of sp³-hybridized carbons (Fsp3) is 0.239. The molecule has 0 spiro atoms. The Balaban J connectivity index is 0.000000117. The third-order valence-corrected chi connectivity index (χ3v) is 18.6. The topological polar surface area (TPSA) is 221 Å². The molecule has 9 aliphatic carbocycles. The molecule has 9 aromatic carbocycles. The zero-order chi connectivity index (χ0) is 58.5. The molecule has 10 N–H and O–H groups in total. The van der Waals surface area contributed by atoms with E-state index < -0.39 is 11.8 Å². The predicted molar refractivity (Wildman–Crippen MR) is 316 cm³/mol. The van der Waals surface area contributed by atoms with Gasteiger partial charge in [-0.05, 0) is 227 Å². The highest BCUT2D eigenvalue weighted by atomic mass is 16.5. The van der Waals surface area contributed by atoms with Crippen molar-refractivity contribution in [1.82, 2.24) is 0 Å². The molecule has 9 aliphatic rings. The van der Waals surface area contributed by atoms with Crippen LogP contribution in [0, 0.1) is 41.5 Å². The van der Waals surface area contributed by atoms with Crippen LogP contribution in [0.4, 0.5) is 0 Å². The van der Waals surface area contributed by atoms with Crippen LogP contribution < -0.4 is 9.47 Å². The first-order valence-corrected chi connectivity index (χ1v) is 28.0. The van der Waals surface area contributed by atoms with E-state index in [4.69, 9.17) is 9.47 Å². The molecule has 0 heterocycles. The Hall–Kier alpha value is -9.42. The molecule has 0 saturated heterocycles. The van der Waals surface area contributed by atoms with E-state index in [9.17, 15) is 51.1 Å². The standard InChI is InChI=1S/C27H28O2.2C22H18O5/c1-14-8-22-20(24(9-14)28-5)13-19-18-11-16(3)17(4)12-23(18)26(22)27-21(19)7-15(2)10-25(27)29-6;1-9-2-13-14-4-10-3-11(23)6-18(26)20(10)22(15(13)8-17(9)25)16-5-12(24)7-19(27)21(14)16;1-9-2-14-11-6-13-15(4-10(23)5-17(13)24)21(22(14)20(27)3-9)16-8-19(26)18(25)7-12(11)16/h7-12,19,26H,13H2,1-6H3;2-3,5-8,14,22-27H,4H2,1H3;2-5,7-8,11,21,23-27H,6H2,1H3. The molecule has 18 rings (SSSR count). The number of methoxy groups -OCH3 is 2. The van der Waals surface area contributed by atoms with Gasteiger partial charge in [0.15, 0.2) is 11.5 Å². The van der Waals surface area contributed by atoms with Crippen molar-refractivity contribution in [2.45, 2.75) is 96.3 Å². The maximum absolute atomic E-state index is 10.8. The molecule has 0 aromatic heterocycles. The van der Waals surface area contributed by atoms with Crippen LogP contribution in [0.15, 0.2) is 109 Å². The summed E-state index contributed by atoms with van der Waals surface area (Å²) in [4.78, 5) is 0. The summed E-state index contributed by atoms with van der Waals surface area (Å²) in [5.41, 5.74) is 24.5. The highest BCUT2D eigenvalue weighted by Crippen LogP contribution is 2.61. The molecule has 0 aliphatic heterocycles. The lowest BCUT2D eigenvalue weighted by Gasteiger charge is -2.33. The van der Waals surface area contributed by atoms with Gasteiger partial charge < -0.3 is 60.5 Å². The second-order valence-corrected chi connectivity index (χ2v) is 23.7. The Labute approximate surface area is 480 Å². The second kappa shape index (κ2) is 19.1. The van der Waals surface area contributed by atoms with Crippen LogP contribution >= 0.6 is 0 Å². The van der Waals surface area contributed by atoms with Gasteiger partial charge in [-0.15, -0.1) is 0 Å². The molecule has 0 amide bonds. The minimum absolute atomic E-state index is 0.00488. The third-order valence-electron chi connectivity index (χ3n) is 18.6. The van der Waals surface area contributed by atoms with E-state index in [0.29, 0.717) is 52.1 Å². The average molecular weight is 1110 g/mol. The first kappa shape index (κ1) is 52.9. The maximum atomic E-state index is 10.8. The third kappa shape index (κ3) is 8.15. The smallest absolute Gasteiger partial charge is 0.157 e. The summed E-state index contributed by atoms with van der Waals surface area (Å²) in [6.45, 7) is 12.5. The zero-order valence-corrected chi connectivity index (χ0v) is 47.3. The molecule has 83 heavy (non-hydrogen) atoms. The van der Waals surface area contributed by atoms with Crippen LogP contribution in [-0.2, 0) is 19.3 Å². The van der Waals surface area contributed by atoms with Gasteiger partial charge in [0.05, 0.1) is 14.2 Å². The Bertz CT molecular complexity index is 4240. The molecule has 6 unspecified atom stereocenters. The molecule has 6 bridgehead atoms. The predicted octanol–water partition coefficient (Wildman–Crippen LogP) is 13.5. The first-order chi connectivity index (χ1) is 39.6. The van der Waals surface area contributed by atoms with E-state index in [2.05, 4.69) is 64.1 Å². The van der Waals surface area contributed by atoms with Gasteiger partial charge in [0.1, 0.15) is 57.5 Å². The number of hydrogen-bond acceptors (Lipinski definition) is 12. The molecule has 420 valence electrons. The fourth-order valence-electron chi connectivity index (χ4n) is 15.1. The molecule has 6 atom stereocenters. The number of rotatable bonds is 2. The largest absolute Gasteiger partial charge is 0.508 e. The van der Waals surface area contributed by atoms with Crippen molar-refractivity contribution < 1.29 is 60.5 Å². The van der Waals surface area contributed by atoms with Gasteiger partial charge in [0, 0.05) is 76.0 Å². The molecule has 12 heteroatoms. The van der Waals surface area contributed by atoms with Crippen LogP contribution in [0.3, 0.4) is 0 Å². The van der Waals surface area contributed by atoms with Gasteiger partial charge in [-0.1, -0.05) is 36.4 Å². The number of aromatic hydroxyl groups is 10. The van der Waals surface area contributed by atoms with Crippen molar-refractivity contribution in [3.8, 4) is 69.0 Å². The second-order valence-electron chi connectivity index (χ2n) is 23.7. The maximum Gasteiger partial charge on any atom is 0.157 e. The zero-order valence-electron chi connectivity index (χ0n) is 47.3. The summed E-state index contributed by atoms with van der Waals surface area (Å²) in [6.07, 6.45) is 1.91. The molecule has 0 fully saturated rings. The van der Waals surface area contributed by atoms with Crippen LogP contribution in [0.2, 0.25) is 0 Å². The van der Waals surface area contributed by atoms with E-state index in [1.54, 1.807) is 50.6 Å². The lowest BCUT2D eigenvalue weighted by Crippen LogP contribution is -2.18. The molecule has 12 nitrogen and oxygen atoms in total. The van der Waals surface area contributed by atoms with Crippen LogP contribution in [0.25, 0.3) is 0 Å². The molecule has 0 saturated carbocycles. The Morgan fingerprint density at radius 2 is 0.723 bits per heavy atom. The Morgan fingerprint density at radius 1 is 0.289 bits per heavy atom. The lowest BCUT2D eigenvalue weighted by molar-refractivity contribution is 0.401. The minimum atomic E-state index is -0.464. The molecule has 0 radical (unpaired) electrons. The van der Waals surface area contributed by atoms with Gasteiger partial charge in [-0.25, -0.2) is 0 Å². The van der Waals surface area contributed by atoms with Crippen LogP contribution in [0.1, 0.15) is 169 Å². The van der Waals surface area contributed by atoms with Gasteiger partial charge >= 0.3 is 0 Å². The van der Waals surface area contributed by atoms with E-state index in [1.165, 1.54) is 79.9 Å². The normalized spacial score (nSPS) is 18.9. The van der Waals surface area contributed by atoms with Crippen molar-refractivity contribution >= 4 is 0 Å². The van der Waals surface area contributed by atoms with Crippen molar-refractivity contribution in [3.05, 3.63) is 243 Å². The van der Waals surface area contributed by atoms with Gasteiger partial charge in [-0.3, -0.25) is 0 Å². The van der Waals surface area contributed by atoms with Crippen molar-refractivity contribution in [2.75, 3.05) is 14.2 Å². The van der Waals surface area contributed by atoms with Crippen LogP contribution in [0.5, 0.6) is 69.0 Å². The number of aryl methyl sites for hydroxylation is 6. The summed E-state index contributed by atoms with van der Waals surface area (Å²) in [5.74, 6) is 0.883. The van der Waals surface area contributed by atoms with Crippen molar-refractivity contribution in [2.24, 2.45) is 0 Å². The highest BCUT2D eigenvalue weighted by molar-refractivity contribution is 5.73. The quantitative estimate of drug-likeness (QED) is 0.0731. The minimum Gasteiger partial charge on any atom is -0.508 e. The summed E-state index contributed by atoms with van der Waals surface area (Å²) in [7, 11) is 3.59. The van der Waals surface area contributed by atoms with Gasteiger partial charge in [0.2, 0.25) is 0 Å². The fourth-order valence-corrected chi connectivity index (χ4v) is 15.1. The summed E-state index contributed by atoms with van der Waals surface area (Å²) >= 11 is 0. The highest BCUT2D eigenvalue weighted by Gasteiger charge is 2.45. The van der Waals surface area contributed by atoms with E-state index in [1.807, 2.05) is 26.0 Å². The molecule has 9 aromatic rings. The molecular formula is C71H64O12. The van der Waals surface area contributed by atoms with E-state index in [-0.39, 0.29) is 75.2 Å². The number of phenols is 10. The van der Waals surface area contributed by atoms with Crippen LogP contribution in [-0.4, -0.2) is 65.3 Å². The van der Waals surface area contributed by atoms with Gasteiger partial charge in [0.25, 0.3) is 0 Å². The van der Waals surface area contributed by atoms with Crippen molar-refractivity contribution in [3.63, 3.8) is 0 Å². The average Bonchev–Trinajstić information content (AvgIpc) is 1.92. The first-order valence-electron chi connectivity index (χ1n) is 28.0. The summed E-state index contributed by atoms with van der Waals surface area (Å²) in [6, 6.07) is 33.1. The summed E-state index contributed by atoms with van der Waals surface area (Å²) < 4.78 is 11.8. The van der Waals surface area contributed by atoms with Crippen molar-refractivity contribution in [1.29, 1.82) is 0 Å². The SMILES string of the molecule is COc1cc(C)cc2c1CC1c3cc(C)c(C)cc3C2c2c(OC)cc(C)cc21.Cc1cc(O)c2c(c1)C1Cc3c(O)cc(O)cc3C2c2cc(O)c(O)cc21.Cc1cc2c(cc1O)C1c3cc(O)cc(O)c3C2Cc2cc(O)cc(O)c21. The Kier molecular flexibility index (Phi) is 12.2.